The molecule has 106 valence electrons. The summed E-state index contributed by atoms with van der Waals surface area (Å²) in [5.74, 6) is 0.742. The smallest absolute Gasteiger partial charge is 0.136 e. The van der Waals surface area contributed by atoms with Crippen LogP contribution in [0.15, 0.2) is 42.6 Å². The lowest BCUT2D eigenvalue weighted by Gasteiger charge is -2.17. The van der Waals surface area contributed by atoms with Crippen LogP contribution in [0.2, 0.25) is 5.15 Å². The first kappa shape index (κ1) is 14.0. The number of halogens is 1. The Morgan fingerprint density at radius 2 is 1.81 bits per heavy atom. The van der Waals surface area contributed by atoms with Crippen LogP contribution in [0, 0.1) is 0 Å². The molecular weight excluding hydrogens is 282 g/mol. The SMILES string of the molecule is CC(C)(C)c1nc(Cl)cc(-c2ccc3cccnc3c2)n1. The van der Waals surface area contributed by atoms with Crippen molar-refractivity contribution >= 4 is 22.5 Å². The highest BCUT2D eigenvalue weighted by atomic mass is 35.5. The minimum Gasteiger partial charge on any atom is -0.256 e. The monoisotopic (exact) mass is 297 g/mol. The average Bonchev–Trinajstić information content (AvgIpc) is 2.45. The Labute approximate surface area is 129 Å². The van der Waals surface area contributed by atoms with Gasteiger partial charge in [-0.2, -0.15) is 0 Å². The first-order valence-corrected chi connectivity index (χ1v) is 7.21. The molecule has 0 bridgehead atoms. The number of fused-ring (bicyclic) bond motifs is 1. The van der Waals surface area contributed by atoms with Crippen LogP contribution in [-0.2, 0) is 5.41 Å². The fraction of sp³-hybridized carbons (Fsp3) is 0.235. The third-order valence-electron chi connectivity index (χ3n) is 3.27. The summed E-state index contributed by atoms with van der Waals surface area (Å²) in [4.78, 5) is 13.4. The van der Waals surface area contributed by atoms with Gasteiger partial charge in [0.1, 0.15) is 11.0 Å². The molecule has 0 aliphatic rings. The molecule has 21 heavy (non-hydrogen) atoms. The Kier molecular flexibility index (Phi) is 3.38. The average molecular weight is 298 g/mol. The first-order chi connectivity index (χ1) is 9.93. The predicted octanol–water partition coefficient (Wildman–Crippen LogP) is 4.64. The lowest BCUT2D eigenvalue weighted by Crippen LogP contribution is -2.16. The first-order valence-electron chi connectivity index (χ1n) is 6.84. The van der Waals surface area contributed by atoms with Crippen molar-refractivity contribution in [1.82, 2.24) is 15.0 Å². The highest BCUT2D eigenvalue weighted by Crippen LogP contribution is 2.27. The Hall–Kier alpha value is -2.00. The third-order valence-corrected chi connectivity index (χ3v) is 3.46. The van der Waals surface area contributed by atoms with Crippen molar-refractivity contribution in [3.63, 3.8) is 0 Å². The molecule has 0 saturated heterocycles. The summed E-state index contributed by atoms with van der Waals surface area (Å²) in [7, 11) is 0. The summed E-state index contributed by atoms with van der Waals surface area (Å²) in [6.07, 6.45) is 1.79. The minimum atomic E-state index is -0.144. The number of pyridine rings is 1. The van der Waals surface area contributed by atoms with E-state index in [0.29, 0.717) is 5.15 Å². The molecular formula is C17H16ClN3. The predicted molar refractivity (Wildman–Crippen MR) is 86.5 cm³/mol. The molecule has 1 aromatic carbocycles. The van der Waals surface area contributed by atoms with Gasteiger partial charge in [0, 0.05) is 28.6 Å². The Morgan fingerprint density at radius 3 is 2.57 bits per heavy atom. The van der Waals surface area contributed by atoms with Gasteiger partial charge >= 0.3 is 0 Å². The van der Waals surface area contributed by atoms with Crippen LogP contribution in [0.25, 0.3) is 22.2 Å². The zero-order valence-corrected chi connectivity index (χ0v) is 13.0. The molecule has 0 N–H and O–H groups in total. The molecule has 3 aromatic rings. The quantitative estimate of drug-likeness (QED) is 0.614. The van der Waals surface area contributed by atoms with Gasteiger partial charge in [0.25, 0.3) is 0 Å². The van der Waals surface area contributed by atoms with E-state index in [0.717, 1.165) is 28.0 Å². The Morgan fingerprint density at radius 1 is 1.00 bits per heavy atom. The summed E-state index contributed by atoms with van der Waals surface area (Å²) in [5, 5.41) is 1.57. The maximum atomic E-state index is 6.16. The minimum absolute atomic E-state index is 0.144. The Balaban J connectivity index is 2.16. The molecule has 3 nitrogen and oxygen atoms in total. The van der Waals surface area contributed by atoms with E-state index in [4.69, 9.17) is 11.6 Å². The topological polar surface area (TPSA) is 38.7 Å². The molecule has 0 fully saturated rings. The number of benzene rings is 1. The molecule has 0 spiro atoms. The van der Waals surface area contributed by atoms with Gasteiger partial charge in [0.15, 0.2) is 0 Å². The second kappa shape index (κ2) is 5.08. The zero-order valence-electron chi connectivity index (χ0n) is 12.3. The molecule has 2 heterocycles. The summed E-state index contributed by atoms with van der Waals surface area (Å²) in [6, 6.07) is 11.9. The van der Waals surface area contributed by atoms with E-state index in [2.05, 4.69) is 35.7 Å². The van der Waals surface area contributed by atoms with E-state index in [1.165, 1.54) is 0 Å². The van der Waals surface area contributed by atoms with Crippen molar-refractivity contribution in [2.24, 2.45) is 0 Å². The van der Waals surface area contributed by atoms with Gasteiger partial charge in [-0.3, -0.25) is 4.98 Å². The van der Waals surface area contributed by atoms with Crippen LogP contribution in [0.1, 0.15) is 26.6 Å². The lowest BCUT2D eigenvalue weighted by atomic mass is 9.95. The zero-order chi connectivity index (χ0) is 15.0. The maximum Gasteiger partial charge on any atom is 0.136 e. The Bertz CT molecular complexity index is 806. The van der Waals surface area contributed by atoms with Crippen molar-refractivity contribution in [2.45, 2.75) is 26.2 Å². The molecule has 0 saturated carbocycles. The second-order valence-corrected chi connectivity index (χ2v) is 6.45. The van der Waals surface area contributed by atoms with Gasteiger partial charge in [-0.15, -0.1) is 0 Å². The van der Waals surface area contributed by atoms with Crippen LogP contribution in [0.3, 0.4) is 0 Å². The van der Waals surface area contributed by atoms with Crippen molar-refractivity contribution in [3.8, 4) is 11.3 Å². The summed E-state index contributed by atoms with van der Waals surface area (Å²) >= 11 is 6.16. The van der Waals surface area contributed by atoms with Crippen molar-refractivity contribution in [2.75, 3.05) is 0 Å². The van der Waals surface area contributed by atoms with Crippen LogP contribution in [-0.4, -0.2) is 15.0 Å². The summed E-state index contributed by atoms with van der Waals surface area (Å²) in [6.45, 7) is 6.22. The van der Waals surface area contributed by atoms with Crippen molar-refractivity contribution in [3.05, 3.63) is 53.6 Å². The van der Waals surface area contributed by atoms with Crippen molar-refractivity contribution < 1.29 is 0 Å². The molecule has 0 atom stereocenters. The number of aromatic nitrogens is 3. The largest absolute Gasteiger partial charge is 0.256 e. The van der Waals surface area contributed by atoms with E-state index >= 15 is 0 Å². The number of rotatable bonds is 1. The number of hydrogen-bond acceptors (Lipinski definition) is 3. The normalized spacial score (nSPS) is 11.8. The summed E-state index contributed by atoms with van der Waals surface area (Å²) in [5.41, 5.74) is 2.62. The van der Waals surface area contributed by atoms with Gasteiger partial charge in [-0.25, -0.2) is 9.97 Å². The second-order valence-electron chi connectivity index (χ2n) is 6.06. The van der Waals surface area contributed by atoms with E-state index in [1.807, 2.05) is 30.3 Å². The van der Waals surface area contributed by atoms with Crippen molar-refractivity contribution in [1.29, 1.82) is 0 Å². The summed E-state index contributed by atoms with van der Waals surface area (Å²) < 4.78 is 0. The number of nitrogens with zero attached hydrogens (tertiary/aromatic N) is 3. The maximum absolute atomic E-state index is 6.16. The molecule has 0 aliphatic heterocycles. The van der Waals surface area contributed by atoms with Crippen LogP contribution in [0.4, 0.5) is 0 Å². The third kappa shape index (κ3) is 2.88. The molecule has 0 amide bonds. The van der Waals surface area contributed by atoms with E-state index in [9.17, 15) is 0 Å². The fourth-order valence-corrected chi connectivity index (χ4v) is 2.31. The standard InChI is InChI=1S/C17H16ClN3/c1-17(2,3)16-20-14(10-15(18)21-16)12-7-6-11-5-4-8-19-13(11)9-12/h4-10H,1-3H3. The van der Waals surface area contributed by atoms with Gasteiger partial charge in [0.2, 0.25) is 0 Å². The highest BCUT2D eigenvalue weighted by molar-refractivity contribution is 6.29. The molecule has 0 unspecified atom stereocenters. The van der Waals surface area contributed by atoms with Gasteiger partial charge in [-0.1, -0.05) is 50.6 Å². The van der Waals surface area contributed by atoms with Gasteiger partial charge in [-0.05, 0) is 12.1 Å². The molecule has 0 aliphatic carbocycles. The van der Waals surface area contributed by atoms with E-state index < -0.39 is 0 Å². The molecule has 3 rings (SSSR count). The lowest BCUT2D eigenvalue weighted by molar-refractivity contribution is 0.546. The van der Waals surface area contributed by atoms with Gasteiger partial charge < -0.3 is 0 Å². The van der Waals surface area contributed by atoms with Gasteiger partial charge in [0.05, 0.1) is 11.2 Å². The van der Waals surface area contributed by atoms with Crippen LogP contribution in [0.5, 0.6) is 0 Å². The van der Waals surface area contributed by atoms with Crippen LogP contribution < -0.4 is 0 Å². The molecule has 4 heteroatoms. The van der Waals surface area contributed by atoms with E-state index in [1.54, 1.807) is 12.3 Å². The highest BCUT2D eigenvalue weighted by Gasteiger charge is 2.19. The molecule has 2 aromatic heterocycles. The van der Waals surface area contributed by atoms with E-state index in [-0.39, 0.29) is 5.41 Å². The fourth-order valence-electron chi connectivity index (χ4n) is 2.13. The molecule has 0 radical (unpaired) electrons. The van der Waals surface area contributed by atoms with Crippen LogP contribution >= 0.6 is 11.6 Å². The number of hydrogen-bond donors (Lipinski definition) is 0.